The summed E-state index contributed by atoms with van der Waals surface area (Å²) in [6.45, 7) is 0. The van der Waals surface area contributed by atoms with Crippen LogP contribution in [0.3, 0.4) is 0 Å². The van der Waals surface area contributed by atoms with Crippen molar-refractivity contribution in [2.45, 2.75) is 0 Å². The number of thiocarbonyl (C=S) groups is 1. The van der Waals surface area contributed by atoms with Gasteiger partial charge in [0, 0.05) is 0 Å². The number of aliphatic imine (C=N–C) groups is 1. The highest BCUT2D eigenvalue weighted by atomic mass is 32.1. The fourth-order valence-corrected chi connectivity index (χ4v) is 1.22. The van der Waals surface area contributed by atoms with Crippen molar-refractivity contribution in [1.82, 2.24) is 0 Å². The fourth-order valence-electron chi connectivity index (χ4n) is 1.11. The molecular weight excluding hydrogens is 230 g/mol. The van der Waals surface area contributed by atoms with Gasteiger partial charge in [0.2, 0.25) is 0 Å². The molecule has 2 aromatic rings. The average Bonchev–Trinajstić information content (AvgIpc) is 2.42. The van der Waals surface area contributed by atoms with Crippen LogP contribution < -0.4 is 4.74 Å². The van der Waals surface area contributed by atoms with Crippen LogP contribution in [0.2, 0.25) is 0 Å². The van der Waals surface area contributed by atoms with Crippen LogP contribution in [0.25, 0.3) is 0 Å². The van der Waals surface area contributed by atoms with Gasteiger partial charge in [0.15, 0.2) is 0 Å². The topological polar surface area (TPSA) is 21.6 Å². The van der Waals surface area contributed by atoms with Gasteiger partial charge in [-0.25, -0.2) is 0 Å². The minimum absolute atomic E-state index is 0.854. The summed E-state index contributed by atoms with van der Waals surface area (Å²) < 4.78 is 4.91. The van der Waals surface area contributed by atoms with Crippen molar-refractivity contribution in [3.8, 4) is 5.75 Å². The maximum absolute atomic E-state index is 4.91. The van der Waals surface area contributed by atoms with Gasteiger partial charge in [0.1, 0.15) is 5.75 Å². The molecule has 0 heterocycles. The van der Waals surface area contributed by atoms with Gasteiger partial charge in [-0.3, -0.25) is 0 Å². The largest absolute Gasteiger partial charge is 0.497 e. The van der Waals surface area contributed by atoms with E-state index in [0.29, 0.717) is 0 Å². The molecule has 3 heteroatoms. The summed E-state index contributed by atoms with van der Waals surface area (Å²) in [5.74, 6) is 0.910. The Morgan fingerprint density at radius 2 is 1.47 bits per heavy atom. The second-order valence-electron chi connectivity index (χ2n) is 3.06. The van der Waals surface area contributed by atoms with E-state index in [9.17, 15) is 0 Å². The van der Waals surface area contributed by atoms with Crippen molar-refractivity contribution >= 4 is 23.1 Å². The standard InChI is InChI=1S/C7H5NS.C7H8O/c9-6-8-7-4-2-1-3-5-7;1-8-7-5-3-2-4-6-7/h1-5H;2-6H,1H3. The Morgan fingerprint density at radius 3 is 1.88 bits per heavy atom. The first kappa shape index (κ1) is 13.1. The maximum Gasteiger partial charge on any atom is 0.118 e. The highest BCUT2D eigenvalue weighted by Gasteiger charge is 1.80. The van der Waals surface area contributed by atoms with Crippen LogP contribution in [-0.4, -0.2) is 12.3 Å². The Bertz CT molecular complexity index is 464. The molecule has 0 aliphatic carbocycles. The van der Waals surface area contributed by atoms with Gasteiger partial charge in [0.25, 0.3) is 0 Å². The lowest BCUT2D eigenvalue weighted by molar-refractivity contribution is 0.415. The average molecular weight is 243 g/mol. The summed E-state index contributed by atoms with van der Waals surface area (Å²) in [6, 6.07) is 19.2. The van der Waals surface area contributed by atoms with Crippen LogP contribution in [0.5, 0.6) is 5.75 Å². The number of hydrogen-bond acceptors (Lipinski definition) is 3. The van der Waals surface area contributed by atoms with Crippen LogP contribution in [-0.2, 0) is 0 Å². The Hall–Kier alpha value is -1.96. The molecule has 0 fully saturated rings. The molecule has 0 saturated carbocycles. The smallest absolute Gasteiger partial charge is 0.118 e. The third-order valence-corrected chi connectivity index (χ3v) is 2.00. The van der Waals surface area contributed by atoms with E-state index in [2.05, 4.69) is 22.4 Å². The normalized spacial score (nSPS) is 8.29. The molecule has 0 amide bonds. The predicted octanol–water partition coefficient (Wildman–Crippen LogP) is 4.12. The number of para-hydroxylation sites is 2. The van der Waals surface area contributed by atoms with Crippen molar-refractivity contribution < 1.29 is 4.74 Å². The minimum atomic E-state index is 0.854. The molecule has 2 aromatic carbocycles. The van der Waals surface area contributed by atoms with E-state index in [1.54, 1.807) is 7.11 Å². The van der Waals surface area contributed by atoms with Crippen LogP contribution in [0.15, 0.2) is 65.7 Å². The lowest BCUT2D eigenvalue weighted by atomic mass is 10.3. The first-order valence-corrected chi connectivity index (χ1v) is 5.49. The number of nitrogens with zero attached hydrogens (tertiary/aromatic N) is 1. The quantitative estimate of drug-likeness (QED) is 0.584. The van der Waals surface area contributed by atoms with E-state index in [-0.39, 0.29) is 0 Å². The first-order valence-electron chi connectivity index (χ1n) is 5.09. The summed E-state index contributed by atoms with van der Waals surface area (Å²) in [5.41, 5.74) is 0.854. The zero-order valence-electron chi connectivity index (χ0n) is 9.54. The monoisotopic (exact) mass is 243 g/mol. The molecule has 0 radical (unpaired) electrons. The molecule has 0 aromatic heterocycles. The van der Waals surface area contributed by atoms with Crippen molar-refractivity contribution in [3.63, 3.8) is 0 Å². The molecule has 0 spiro atoms. The zero-order valence-corrected chi connectivity index (χ0v) is 10.4. The minimum Gasteiger partial charge on any atom is -0.497 e. The first-order chi connectivity index (χ1) is 8.36. The molecule has 0 unspecified atom stereocenters. The predicted molar refractivity (Wildman–Crippen MR) is 74.1 cm³/mol. The van der Waals surface area contributed by atoms with Crippen molar-refractivity contribution in [2.24, 2.45) is 4.99 Å². The molecule has 17 heavy (non-hydrogen) atoms. The lowest BCUT2D eigenvalue weighted by Gasteiger charge is -1.93. The summed E-state index contributed by atoms with van der Waals surface area (Å²) in [6.07, 6.45) is 0. The molecule has 0 aliphatic heterocycles. The third kappa shape index (κ3) is 5.61. The second kappa shape index (κ2) is 8.22. The van der Waals surface area contributed by atoms with Gasteiger partial charge in [-0.05, 0) is 36.5 Å². The Morgan fingerprint density at radius 1 is 0.941 bits per heavy atom. The summed E-state index contributed by atoms with van der Waals surface area (Å²) in [7, 11) is 1.66. The highest BCUT2D eigenvalue weighted by molar-refractivity contribution is 7.78. The van der Waals surface area contributed by atoms with Gasteiger partial charge < -0.3 is 4.74 Å². The number of rotatable bonds is 2. The number of isothiocyanates is 1. The summed E-state index contributed by atoms with van der Waals surface area (Å²) >= 11 is 4.42. The van der Waals surface area contributed by atoms with Crippen LogP contribution in [0, 0.1) is 0 Å². The van der Waals surface area contributed by atoms with Gasteiger partial charge in [-0.2, -0.15) is 4.99 Å². The third-order valence-electron chi connectivity index (χ3n) is 1.91. The zero-order chi connectivity index (χ0) is 12.3. The van der Waals surface area contributed by atoms with Crippen molar-refractivity contribution in [2.75, 3.05) is 7.11 Å². The van der Waals surface area contributed by atoms with Gasteiger partial charge in [0.05, 0.1) is 18.0 Å². The van der Waals surface area contributed by atoms with Crippen molar-refractivity contribution in [3.05, 3.63) is 60.7 Å². The van der Waals surface area contributed by atoms with E-state index in [1.165, 1.54) is 0 Å². The van der Waals surface area contributed by atoms with E-state index >= 15 is 0 Å². The second-order valence-corrected chi connectivity index (χ2v) is 3.24. The van der Waals surface area contributed by atoms with Crippen LogP contribution >= 0.6 is 12.2 Å². The van der Waals surface area contributed by atoms with E-state index < -0.39 is 0 Å². The van der Waals surface area contributed by atoms with Gasteiger partial charge >= 0.3 is 0 Å². The molecular formula is C14H13NOS. The Balaban J connectivity index is 0.000000171. The van der Waals surface area contributed by atoms with E-state index in [4.69, 9.17) is 4.74 Å². The number of benzene rings is 2. The molecule has 0 bridgehead atoms. The summed E-state index contributed by atoms with van der Waals surface area (Å²) in [4.78, 5) is 3.77. The molecule has 2 nitrogen and oxygen atoms in total. The van der Waals surface area contributed by atoms with Crippen LogP contribution in [0.4, 0.5) is 5.69 Å². The molecule has 2 rings (SSSR count). The van der Waals surface area contributed by atoms with Crippen molar-refractivity contribution in [1.29, 1.82) is 0 Å². The molecule has 86 valence electrons. The maximum atomic E-state index is 4.91. The number of ether oxygens (including phenoxy) is 1. The van der Waals surface area contributed by atoms with Gasteiger partial charge in [-0.15, -0.1) is 0 Å². The molecule has 0 atom stereocenters. The van der Waals surface area contributed by atoms with Crippen LogP contribution in [0.1, 0.15) is 0 Å². The number of hydrogen-bond donors (Lipinski definition) is 0. The summed E-state index contributed by atoms with van der Waals surface area (Å²) in [5, 5.41) is 2.29. The fraction of sp³-hybridized carbons (Fsp3) is 0.0714. The highest BCUT2D eigenvalue weighted by Crippen LogP contribution is 2.07. The Kier molecular flexibility index (Phi) is 6.34. The number of methoxy groups -OCH3 is 1. The molecule has 0 N–H and O–H groups in total. The van der Waals surface area contributed by atoms with Gasteiger partial charge in [-0.1, -0.05) is 36.4 Å². The van der Waals surface area contributed by atoms with E-state index in [1.807, 2.05) is 60.7 Å². The Labute approximate surface area is 107 Å². The van der Waals surface area contributed by atoms with E-state index in [0.717, 1.165) is 11.4 Å². The SMILES string of the molecule is COc1ccccc1.S=C=Nc1ccccc1. The molecule has 0 saturated heterocycles. The molecule has 0 aliphatic rings. The lowest BCUT2D eigenvalue weighted by Crippen LogP contribution is -1.78.